The fourth-order valence-electron chi connectivity index (χ4n) is 1.63. The summed E-state index contributed by atoms with van der Waals surface area (Å²) in [6.07, 6.45) is 0. The second-order valence-corrected chi connectivity index (χ2v) is 3.96. The Labute approximate surface area is 95.1 Å². The molecule has 0 spiro atoms. The third-order valence-corrected chi connectivity index (χ3v) is 2.73. The minimum atomic E-state index is 0.374. The summed E-state index contributed by atoms with van der Waals surface area (Å²) in [6, 6.07) is 6.25. The van der Waals surface area contributed by atoms with E-state index in [1.54, 1.807) is 0 Å². The average Bonchev–Trinajstić information content (AvgIpc) is 2.64. The van der Waals surface area contributed by atoms with Gasteiger partial charge in [0.25, 0.3) is 0 Å². The Kier molecular flexibility index (Phi) is 2.75. The highest BCUT2D eigenvalue weighted by Gasteiger charge is 2.07. The number of benzene rings is 1. The molecule has 0 amide bonds. The molecule has 0 bridgehead atoms. The molecule has 2 aromatic rings. The van der Waals surface area contributed by atoms with Gasteiger partial charge in [-0.15, -0.1) is 5.10 Å². The Balaban J connectivity index is 2.49. The van der Waals surface area contributed by atoms with E-state index < -0.39 is 0 Å². The van der Waals surface area contributed by atoms with Crippen molar-refractivity contribution in [3.8, 4) is 5.69 Å². The van der Waals surface area contributed by atoms with Crippen molar-refractivity contribution < 1.29 is 0 Å². The van der Waals surface area contributed by atoms with Crippen molar-refractivity contribution in [1.29, 1.82) is 0 Å². The molecule has 16 heavy (non-hydrogen) atoms. The number of nitrogens with zero attached hydrogens (tertiary/aromatic N) is 3. The standard InChI is InChI=1S/C12H16N4/c1-8-4-5-11(6-9(8)2)16-10(3)14-12(7-13)15-16/h4-6H,7,13H2,1-3H3. The van der Waals surface area contributed by atoms with Gasteiger partial charge >= 0.3 is 0 Å². The third-order valence-electron chi connectivity index (χ3n) is 2.73. The van der Waals surface area contributed by atoms with Gasteiger partial charge < -0.3 is 5.73 Å². The normalized spacial score (nSPS) is 10.8. The highest BCUT2D eigenvalue weighted by atomic mass is 15.3. The molecule has 1 aromatic heterocycles. The van der Waals surface area contributed by atoms with Crippen LogP contribution in [0.3, 0.4) is 0 Å². The van der Waals surface area contributed by atoms with E-state index in [0.29, 0.717) is 12.4 Å². The quantitative estimate of drug-likeness (QED) is 0.830. The molecule has 2 N–H and O–H groups in total. The number of nitrogens with two attached hydrogens (primary N) is 1. The molecule has 0 radical (unpaired) electrons. The van der Waals surface area contributed by atoms with Gasteiger partial charge in [-0.2, -0.15) is 0 Å². The van der Waals surface area contributed by atoms with Gasteiger partial charge in [-0.3, -0.25) is 0 Å². The maximum Gasteiger partial charge on any atom is 0.164 e. The lowest BCUT2D eigenvalue weighted by Gasteiger charge is -2.05. The molecule has 0 saturated heterocycles. The highest BCUT2D eigenvalue weighted by molar-refractivity contribution is 5.39. The molecule has 2 rings (SSSR count). The van der Waals surface area contributed by atoms with E-state index in [1.165, 1.54) is 11.1 Å². The second-order valence-electron chi connectivity index (χ2n) is 3.96. The van der Waals surface area contributed by atoms with Crippen LogP contribution in [-0.4, -0.2) is 14.8 Å². The monoisotopic (exact) mass is 216 g/mol. The summed E-state index contributed by atoms with van der Waals surface area (Å²) in [6.45, 7) is 6.49. The molecule has 1 aromatic carbocycles. The number of aryl methyl sites for hydroxylation is 3. The lowest BCUT2D eigenvalue weighted by molar-refractivity contribution is 0.811. The first-order chi connectivity index (χ1) is 7.61. The first kappa shape index (κ1) is 10.8. The van der Waals surface area contributed by atoms with Crippen LogP contribution in [0.25, 0.3) is 5.69 Å². The molecule has 0 atom stereocenters. The fraction of sp³-hybridized carbons (Fsp3) is 0.333. The van der Waals surface area contributed by atoms with Gasteiger partial charge in [0.15, 0.2) is 5.82 Å². The molecule has 4 heteroatoms. The topological polar surface area (TPSA) is 56.7 Å². The Morgan fingerprint density at radius 3 is 2.50 bits per heavy atom. The fourth-order valence-corrected chi connectivity index (χ4v) is 1.63. The van der Waals surface area contributed by atoms with Crippen molar-refractivity contribution in [2.75, 3.05) is 0 Å². The van der Waals surface area contributed by atoms with Gasteiger partial charge in [-0.25, -0.2) is 9.67 Å². The minimum absolute atomic E-state index is 0.374. The second kappa shape index (κ2) is 4.06. The number of hydrogen-bond donors (Lipinski definition) is 1. The Bertz CT molecular complexity index is 514. The first-order valence-corrected chi connectivity index (χ1v) is 5.32. The summed E-state index contributed by atoms with van der Waals surface area (Å²) in [7, 11) is 0. The van der Waals surface area contributed by atoms with Crippen LogP contribution in [0.4, 0.5) is 0 Å². The number of rotatable bonds is 2. The molecule has 4 nitrogen and oxygen atoms in total. The Morgan fingerprint density at radius 1 is 1.19 bits per heavy atom. The van der Waals surface area contributed by atoms with E-state index in [0.717, 1.165) is 11.5 Å². The van der Waals surface area contributed by atoms with Crippen molar-refractivity contribution in [1.82, 2.24) is 14.8 Å². The van der Waals surface area contributed by atoms with Crippen LogP contribution in [0.2, 0.25) is 0 Å². The van der Waals surface area contributed by atoms with E-state index in [1.807, 2.05) is 17.7 Å². The van der Waals surface area contributed by atoms with E-state index >= 15 is 0 Å². The molecule has 0 aliphatic carbocycles. The average molecular weight is 216 g/mol. The maximum absolute atomic E-state index is 5.53. The van der Waals surface area contributed by atoms with Crippen molar-refractivity contribution >= 4 is 0 Å². The maximum atomic E-state index is 5.53. The summed E-state index contributed by atoms with van der Waals surface area (Å²) < 4.78 is 1.83. The van der Waals surface area contributed by atoms with Gasteiger partial charge in [0.2, 0.25) is 0 Å². The molecule has 1 heterocycles. The number of hydrogen-bond acceptors (Lipinski definition) is 3. The van der Waals surface area contributed by atoms with Crippen LogP contribution in [-0.2, 0) is 6.54 Å². The van der Waals surface area contributed by atoms with Crippen molar-refractivity contribution in [2.24, 2.45) is 5.73 Å². The molecule has 0 aliphatic rings. The van der Waals surface area contributed by atoms with E-state index in [-0.39, 0.29) is 0 Å². The first-order valence-electron chi connectivity index (χ1n) is 5.32. The van der Waals surface area contributed by atoms with Crippen LogP contribution < -0.4 is 5.73 Å². The predicted molar refractivity (Wildman–Crippen MR) is 63.5 cm³/mol. The van der Waals surface area contributed by atoms with Gasteiger partial charge in [0.1, 0.15) is 5.82 Å². The molecule has 84 valence electrons. The van der Waals surface area contributed by atoms with Gasteiger partial charge in [0, 0.05) is 0 Å². The molecule has 0 saturated carbocycles. The van der Waals surface area contributed by atoms with E-state index in [2.05, 4.69) is 36.1 Å². The van der Waals surface area contributed by atoms with Gasteiger partial charge in [-0.05, 0) is 44.0 Å². The van der Waals surface area contributed by atoms with Crippen LogP contribution in [0, 0.1) is 20.8 Å². The van der Waals surface area contributed by atoms with Gasteiger partial charge in [0.05, 0.1) is 12.2 Å². The molecule has 0 aliphatic heterocycles. The zero-order valence-corrected chi connectivity index (χ0v) is 9.86. The number of aromatic nitrogens is 3. The SMILES string of the molecule is Cc1ccc(-n2nc(CN)nc2C)cc1C. The third kappa shape index (κ3) is 1.84. The largest absolute Gasteiger partial charge is 0.324 e. The summed E-state index contributed by atoms with van der Waals surface area (Å²) in [5.41, 5.74) is 9.09. The summed E-state index contributed by atoms with van der Waals surface area (Å²) in [5.74, 6) is 1.54. The summed E-state index contributed by atoms with van der Waals surface area (Å²) in [5, 5.41) is 4.35. The van der Waals surface area contributed by atoms with Crippen LogP contribution in [0.5, 0.6) is 0 Å². The minimum Gasteiger partial charge on any atom is -0.324 e. The van der Waals surface area contributed by atoms with Crippen molar-refractivity contribution in [3.63, 3.8) is 0 Å². The Hall–Kier alpha value is -1.68. The molecular formula is C12H16N4. The molecule has 0 fully saturated rings. The lowest BCUT2D eigenvalue weighted by Crippen LogP contribution is -2.02. The lowest BCUT2D eigenvalue weighted by atomic mass is 10.1. The summed E-state index contributed by atoms with van der Waals surface area (Å²) in [4.78, 5) is 4.28. The van der Waals surface area contributed by atoms with Crippen molar-refractivity contribution in [3.05, 3.63) is 41.0 Å². The van der Waals surface area contributed by atoms with Crippen molar-refractivity contribution in [2.45, 2.75) is 27.3 Å². The highest BCUT2D eigenvalue weighted by Crippen LogP contribution is 2.14. The van der Waals surface area contributed by atoms with Crippen LogP contribution >= 0.6 is 0 Å². The predicted octanol–water partition coefficient (Wildman–Crippen LogP) is 1.65. The zero-order chi connectivity index (χ0) is 11.7. The van der Waals surface area contributed by atoms with Gasteiger partial charge in [-0.1, -0.05) is 6.07 Å². The van der Waals surface area contributed by atoms with Crippen LogP contribution in [0.15, 0.2) is 18.2 Å². The van der Waals surface area contributed by atoms with E-state index in [9.17, 15) is 0 Å². The zero-order valence-electron chi connectivity index (χ0n) is 9.86. The molecule has 0 unspecified atom stereocenters. The Morgan fingerprint density at radius 2 is 1.94 bits per heavy atom. The molecular weight excluding hydrogens is 200 g/mol. The van der Waals surface area contributed by atoms with E-state index in [4.69, 9.17) is 5.73 Å². The summed E-state index contributed by atoms with van der Waals surface area (Å²) >= 11 is 0. The smallest absolute Gasteiger partial charge is 0.164 e. The van der Waals surface area contributed by atoms with Crippen LogP contribution in [0.1, 0.15) is 22.8 Å².